The molecule has 0 unspecified atom stereocenters. The maximum absolute atomic E-state index is 4.87. The largest absolute Gasteiger partial charge is 0.251 e. The monoisotopic (exact) mass is 320 g/mol. The van der Waals surface area contributed by atoms with Crippen molar-refractivity contribution in [2.24, 2.45) is 11.0 Å². The Labute approximate surface area is 141 Å². The van der Waals surface area contributed by atoms with E-state index in [4.69, 9.17) is 5.10 Å². The van der Waals surface area contributed by atoms with Gasteiger partial charge in [-0.3, -0.25) is 5.01 Å². The maximum Gasteiger partial charge on any atom is 0.110 e. The normalized spacial score (nSPS) is 26.5. The number of benzene rings is 2. The fourth-order valence-corrected chi connectivity index (χ4v) is 5.22. The van der Waals surface area contributed by atoms with Gasteiger partial charge in [-0.1, -0.05) is 60.2 Å². The van der Waals surface area contributed by atoms with Crippen LogP contribution in [0.15, 0.2) is 77.4 Å². The first-order chi connectivity index (χ1) is 11.2. The molecule has 2 heterocycles. The van der Waals surface area contributed by atoms with Crippen LogP contribution in [0.5, 0.6) is 0 Å². The molecule has 0 N–H and O–H groups in total. The van der Waals surface area contributed by atoms with Crippen LogP contribution in [0.2, 0.25) is 0 Å². The minimum Gasteiger partial charge on any atom is -0.251 e. The Kier molecular flexibility index (Phi) is 3.74. The summed E-state index contributed by atoms with van der Waals surface area (Å²) in [5.41, 5.74) is 5.19. The smallest absolute Gasteiger partial charge is 0.110 e. The van der Waals surface area contributed by atoms with Crippen molar-refractivity contribution in [1.29, 1.82) is 0 Å². The van der Waals surface area contributed by atoms with E-state index in [0.29, 0.717) is 16.5 Å². The van der Waals surface area contributed by atoms with Crippen LogP contribution in [-0.4, -0.2) is 11.1 Å². The average molecular weight is 320 g/mol. The molecule has 116 valence electrons. The fraction of sp³-hybridized carbons (Fsp3) is 0.250. The van der Waals surface area contributed by atoms with Crippen LogP contribution in [0, 0.1) is 5.92 Å². The zero-order chi connectivity index (χ0) is 15.8. The van der Waals surface area contributed by atoms with Gasteiger partial charge in [-0.25, -0.2) is 0 Å². The van der Waals surface area contributed by atoms with Gasteiger partial charge in [0.2, 0.25) is 0 Å². The fourth-order valence-electron chi connectivity index (χ4n) is 3.46. The van der Waals surface area contributed by atoms with Crippen LogP contribution < -0.4 is 5.01 Å². The summed E-state index contributed by atoms with van der Waals surface area (Å²) in [6.07, 6.45) is 2.41. The summed E-state index contributed by atoms with van der Waals surface area (Å²) in [5, 5.41) is 7.81. The molecule has 4 rings (SSSR count). The molecule has 2 aromatic rings. The highest BCUT2D eigenvalue weighted by atomic mass is 32.2. The predicted molar refractivity (Wildman–Crippen MR) is 99.8 cm³/mol. The molecule has 0 bridgehead atoms. The van der Waals surface area contributed by atoms with Crippen molar-refractivity contribution in [2.45, 2.75) is 24.5 Å². The summed E-state index contributed by atoms with van der Waals surface area (Å²) in [6.45, 7) is 4.40. The van der Waals surface area contributed by atoms with E-state index in [2.05, 4.69) is 85.6 Å². The zero-order valence-corrected chi connectivity index (χ0v) is 14.2. The third-order valence-electron chi connectivity index (χ3n) is 4.58. The van der Waals surface area contributed by atoms with Crippen LogP contribution in [0.1, 0.15) is 24.7 Å². The number of rotatable bonds is 2. The molecule has 3 heteroatoms. The Morgan fingerprint density at radius 2 is 1.57 bits per heavy atom. The Bertz CT molecular complexity index is 752. The summed E-state index contributed by atoms with van der Waals surface area (Å²) in [7, 11) is 0. The first kappa shape index (κ1) is 14.6. The van der Waals surface area contributed by atoms with Gasteiger partial charge >= 0.3 is 0 Å². The van der Waals surface area contributed by atoms with Gasteiger partial charge in [-0.05, 0) is 31.5 Å². The number of para-hydroxylation sites is 1. The van der Waals surface area contributed by atoms with Gasteiger partial charge in [0.25, 0.3) is 0 Å². The highest BCUT2D eigenvalue weighted by Gasteiger charge is 2.41. The molecule has 0 saturated carbocycles. The molecule has 0 aromatic heterocycles. The van der Waals surface area contributed by atoms with Crippen molar-refractivity contribution < 1.29 is 0 Å². The maximum atomic E-state index is 4.87. The molecule has 2 nitrogen and oxygen atoms in total. The van der Waals surface area contributed by atoms with Crippen LogP contribution >= 0.6 is 11.8 Å². The first-order valence-corrected chi connectivity index (χ1v) is 8.96. The second kappa shape index (κ2) is 5.89. The van der Waals surface area contributed by atoms with Gasteiger partial charge in [-0.2, -0.15) is 5.10 Å². The van der Waals surface area contributed by atoms with Gasteiger partial charge in [0.05, 0.1) is 16.9 Å². The van der Waals surface area contributed by atoms with Gasteiger partial charge in [0.1, 0.15) is 5.37 Å². The molecule has 0 amide bonds. The van der Waals surface area contributed by atoms with Crippen molar-refractivity contribution in [1.82, 2.24) is 0 Å². The Balaban J connectivity index is 1.70. The first-order valence-electron chi connectivity index (χ1n) is 8.02. The summed E-state index contributed by atoms with van der Waals surface area (Å²) in [6, 6.07) is 21.3. The molecular formula is C20H20N2S. The van der Waals surface area contributed by atoms with E-state index in [1.54, 1.807) is 0 Å². The van der Waals surface area contributed by atoms with E-state index in [-0.39, 0.29) is 0 Å². The van der Waals surface area contributed by atoms with Gasteiger partial charge < -0.3 is 0 Å². The number of nitrogens with zero attached hydrogens (tertiary/aromatic N) is 2. The van der Waals surface area contributed by atoms with E-state index >= 15 is 0 Å². The lowest BCUT2D eigenvalue weighted by molar-refractivity contribution is 0.726. The standard InChI is InChI=1S/C20H20N2S/c1-14-13-18(16-9-5-3-6-10-16)23-20-19(14)15(2)21-22(20)17-11-7-4-8-12-17/h3-13,18-20H,1-2H3/t18-,19-,20+/m0/s1. The topological polar surface area (TPSA) is 15.6 Å². The molecule has 2 aromatic carbocycles. The zero-order valence-electron chi connectivity index (χ0n) is 13.4. The number of hydrogen-bond acceptors (Lipinski definition) is 3. The van der Waals surface area contributed by atoms with Crippen LogP contribution in [0.3, 0.4) is 0 Å². The highest BCUT2D eigenvalue weighted by molar-refractivity contribution is 8.00. The van der Waals surface area contributed by atoms with E-state index in [0.717, 1.165) is 0 Å². The van der Waals surface area contributed by atoms with Crippen LogP contribution in [0.25, 0.3) is 0 Å². The number of thioether (sulfide) groups is 1. The Morgan fingerprint density at radius 1 is 0.913 bits per heavy atom. The van der Waals surface area contributed by atoms with Crippen molar-refractivity contribution in [3.05, 3.63) is 77.9 Å². The van der Waals surface area contributed by atoms with E-state index in [1.807, 2.05) is 11.8 Å². The number of hydrazone groups is 1. The molecule has 23 heavy (non-hydrogen) atoms. The van der Waals surface area contributed by atoms with Crippen molar-refractivity contribution >= 4 is 23.2 Å². The van der Waals surface area contributed by atoms with Crippen molar-refractivity contribution in [3.8, 4) is 0 Å². The van der Waals surface area contributed by atoms with Gasteiger partial charge in [0.15, 0.2) is 0 Å². The molecule has 0 radical (unpaired) electrons. The van der Waals surface area contributed by atoms with E-state index in [1.165, 1.54) is 22.5 Å². The third kappa shape index (κ3) is 2.59. The van der Waals surface area contributed by atoms with Gasteiger partial charge in [0, 0.05) is 5.71 Å². The third-order valence-corrected chi connectivity index (χ3v) is 6.03. The second-order valence-corrected chi connectivity index (χ2v) is 7.43. The lowest BCUT2D eigenvalue weighted by Gasteiger charge is -2.34. The minimum absolute atomic E-state index is 0.340. The van der Waals surface area contributed by atoms with Crippen LogP contribution in [0.4, 0.5) is 5.69 Å². The van der Waals surface area contributed by atoms with Crippen molar-refractivity contribution in [2.75, 3.05) is 5.01 Å². The van der Waals surface area contributed by atoms with Crippen molar-refractivity contribution in [3.63, 3.8) is 0 Å². The molecule has 0 fully saturated rings. The number of hydrogen-bond donors (Lipinski definition) is 0. The Hall–Kier alpha value is -2.00. The molecule has 2 aliphatic heterocycles. The summed E-state index contributed by atoms with van der Waals surface area (Å²) >= 11 is 2.00. The summed E-state index contributed by atoms with van der Waals surface area (Å²) in [5.74, 6) is 0.417. The molecule has 2 aliphatic rings. The Morgan fingerprint density at radius 3 is 2.26 bits per heavy atom. The predicted octanol–water partition coefficient (Wildman–Crippen LogP) is 5.26. The molecule has 0 spiro atoms. The summed E-state index contributed by atoms with van der Waals surface area (Å²) < 4.78 is 0. The molecule has 0 aliphatic carbocycles. The molecular weight excluding hydrogens is 300 g/mol. The number of fused-ring (bicyclic) bond motifs is 1. The lowest BCUT2D eigenvalue weighted by atomic mass is 9.93. The SMILES string of the molecule is CC1=C[C@@H](c2ccccc2)S[C@@H]2[C@@H]1C(C)=NN2c1ccccc1. The van der Waals surface area contributed by atoms with Crippen LogP contribution in [-0.2, 0) is 0 Å². The lowest BCUT2D eigenvalue weighted by Crippen LogP contribution is -2.33. The highest BCUT2D eigenvalue weighted by Crippen LogP contribution is 2.49. The average Bonchev–Trinajstić information content (AvgIpc) is 2.94. The van der Waals surface area contributed by atoms with Gasteiger partial charge in [-0.15, -0.1) is 11.8 Å². The second-order valence-electron chi connectivity index (χ2n) is 6.17. The molecule has 0 saturated heterocycles. The van der Waals surface area contributed by atoms with E-state index in [9.17, 15) is 0 Å². The number of anilines is 1. The minimum atomic E-state index is 0.340. The molecule has 3 atom stereocenters. The van der Waals surface area contributed by atoms with E-state index < -0.39 is 0 Å². The summed E-state index contributed by atoms with van der Waals surface area (Å²) in [4.78, 5) is 0. The quantitative estimate of drug-likeness (QED) is 0.701.